The molecular formula is C11H11ClN2O2. The summed E-state index contributed by atoms with van der Waals surface area (Å²) >= 11 is 0. The summed E-state index contributed by atoms with van der Waals surface area (Å²) in [6.07, 6.45) is 0. The van der Waals surface area contributed by atoms with Crippen molar-refractivity contribution >= 4 is 29.2 Å². The molecule has 2 aromatic rings. The Morgan fingerprint density at radius 3 is 2.69 bits per heavy atom. The molecule has 1 aromatic heterocycles. The summed E-state index contributed by atoms with van der Waals surface area (Å²) in [6.45, 7) is 0. The zero-order valence-corrected chi connectivity index (χ0v) is 9.45. The van der Waals surface area contributed by atoms with Crippen LogP contribution in [-0.2, 0) is 0 Å². The van der Waals surface area contributed by atoms with E-state index in [1.165, 1.54) is 0 Å². The Kier molecular flexibility index (Phi) is 3.68. The number of rotatable bonds is 2. The van der Waals surface area contributed by atoms with E-state index in [1.54, 1.807) is 31.4 Å². The van der Waals surface area contributed by atoms with Gasteiger partial charge in [0.25, 0.3) is 0 Å². The maximum atomic E-state index is 10.9. The lowest BCUT2D eigenvalue weighted by atomic mass is 10.1. The van der Waals surface area contributed by atoms with Crippen molar-refractivity contribution in [1.29, 1.82) is 0 Å². The number of fused-ring (bicyclic) bond motifs is 1. The topological polar surface area (TPSA) is 65.2 Å². The lowest BCUT2D eigenvalue weighted by molar-refractivity contribution is 0.100. The molecule has 84 valence electrons. The second kappa shape index (κ2) is 4.81. The predicted octanol–water partition coefficient (Wildman–Crippen LogP) is 1.76. The SMILES string of the molecule is COc1ccc2cc(C(N)=O)ccc2n1.Cl. The van der Waals surface area contributed by atoms with Gasteiger partial charge in [-0.3, -0.25) is 4.79 Å². The van der Waals surface area contributed by atoms with Crippen LogP contribution in [0.4, 0.5) is 0 Å². The first-order valence-corrected chi connectivity index (χ1v) is 4.45. The Bertz CT molecular complexity index is 528. The number of carbonyl (C=O) groups excluding carboxylic acids is 1. The number of nitrogens with zero attached hydrogens (tertiary/aromatic N) is 1. The normalized spacial score (nSPS) is 9.56. The van der Waals surface area contributed by atoms with E-state index >= 15 is 0 Å². The number of benzene rings is 1. The average molecular weight is 239 g/mol. The van der Waals surface area contributed by atoms with Crippen molar-refractivity contribution < 1.29 is 9.53 Å². The first-order chi connectivity index (χ1) is 7.20. The van der Waals surface area contributed by atoms with Gasteiger partial charge in [0.15, 0.2) is 0 Å². The summed E-state index contributed by atoms with van der Waals surface area (Å²) in [5, 5.41) is 0.868. The van der Waals surface area contributed by atoms with E-state index in [-0.39, 0.29) is 12.4 Å². The van der Waals surface area contributed by atoms with Gasteiger partial charge < -0.3 is 10.5 Å². The van der Waals surface area contributed by atoms with Gasteiger partial charge in [-0.2, -0.15) is 0 Å². The Balaban J connectivity index is 0.00000128. The summed E-state index contributed by atoms with van der Waals surface area (Å²) in [4.78, 5) is 15.2. The van der Waals surface area contributed by atoms with Gasteiger partial charge in [-0.05, 0) is 24.3 Å². The fourth-order valence-electron chi connectivity index (χ4n) is 1.37. The highest BCUT2D eigenvalue weighted by atomic mass is 35.5. The summed E-state index contributed by atoms with van der Waals surface area (Å²) < 4.78 is 5.00. The van der Waals surface area contributed by atoms with Gasteiger partial charge in [0.05, 0.1) is 12.6 Å². The first-order valence-electron chi connectivity index (χ1n) is 4.45. The molecule has 0 fully saturated rings. The number of halogens is 1. The Morgan fingerprint density at radius 2 is 2.06 bits per heavy atom. The van der Waals surface area contributed by atoms with Crippen LogP contribution in [-0.4, -0.2) is 18.0 Å². The van der Waals surface area contributed by atoms with Crippen molar-refractivity contribution in [3.8, 4) is 5.88 Å². The van der Waals surface area contributed by atoms with Crippen molar-refractivity contribution in [2.45, 2.75) is 0 Å². The fraction of sp³-hybridized carbons (Fsp3) is 0.0909. The third-order valence-corrected chi connectivity index (χ3v) is 2.16. The number of methoxy groups -OCH3 is 1. The Hall–Kier alpha value is -1.81. The van der Waals surface area contributed by atoms with Crippen molar-refractivity contribution in [3.63, 3.8) is 0 Å². The molecule has 5 heteroatoms. The Labute approximate surface area is 98.8 Å². The minimum atomic E-state index is -0.437. The van der Waals surface area contributed by atoms with Crippen molar-refractivity contribution in [1.82, 2.24) is 4.98 Å². The molecule has 1 heterocycles. The summed E-state index contributed by atoms with van der Waals surface area (Å²) in [7, 11) is 1.56. The predicted molar refractivity (Wildman–Crippen MR) is 64.1 cm³/mol. The number of amides is 1. The molecule has 0 unspecified atom stereocenters. The molecule has 2 N–H and O–H groups in total. The molecular weight excluding hydrogens is 228 g/mol. The quantitative estimate of drug-likeness (QED) is 0.867. The van der Waals surface area contributed by atoms with Gasteiger partial charge in [0.2, 0.25) is 11.8 Å². The number of hydrogen-bond donors (Lipinski definition) is 1. The molecule has 1 amide bonds. The maximum absolute atomic E-state index is 10.9. The maximum Gasteiger partial charge on any atom is 0.248 e. The molecule has 16 heavy (non-hydrogen) atoms. The standard InChI is InChI=1S/C11H10N2O2.ClH/c1-15-10-5-3-7-6-8(11(12)14)2-4-9(7)13-10;/h2-6H,1H3,(H2,12,14);1H. The van der Waals surface area contributed by atoms with Crippen LogP contribution in [0.3, 0.4) is 0 Å². The molecule has 0 saturated carbocycles. The average Bonchev–Trinajstić information content (AvgIpc) is 2.27. The third-order valence-electron chi connectivity index (χ3n) is 2.16. The second-order valence-electron chi connectivity index (χ2n) is 3.13. The third kappa shape index (κ3) is 2.23. The molecule has 0 bridgehead atoms. The van der Waals surface area contributed by atoms with Crippen LogP contribution in [0.2, 0.25) is 0 Å². The van der Waals surface area contributed by atoms with Gasteiger partial charge >= 0.3 is 0 Å². The van der Waals surface area contributed by atoms with Gasteiger partial charge in [-0.15, -0.1) is 12.4 Å². The minimum absolute atomic E-state index is 0. The van der Waals surface area contributed by atoms with Crippen molar-refractivity contribution in [2.24, 2.45) is 5.73 Å². The number of ether oxygens (including phenoxy) is 1. The van der Waals surface area contributed by atoms with E-state index in [9.17, 15) is 4.79 Å². The van der Waals surface area contributed by atoms with E-state index < -0.39 is 5.91 Å². The monoisotopic (exact) mass is 238 g/mol. The molecule has 4 nitrogen and oxygen atoms in total. The van der Waals surface area contributed by atoms with Crippen LogP contribution in [0.1, 0.15) is 10.4 Å². The molecule has 0 saturated heterocycles. The largest absolute Gasteiger partial charge is 0.481 e. The van der Waals surface area contributed by atoms with Crippen LogP contribution in [0, 0.1) is 0 Å². The van der Waals surface area contributed by atoms with Crippen LogP contribution in [0.15, 0.2) is 30.3 Å². The smallest absolute Gasteiger partial charge is 0.248 e. The molecule has 0 spiro atoms. The molecule has 0 atom stereocenters. The molecule has 0 aliphatic carbocycles. The molecule has 0 radical (unpaired) electrons. The first kappa shape index (κ1) is 12.3. The highest BCUT2D eigenvalue weighted by molar-refractivity contribution is 5.96. The van der Waals surface area contributed by atoms with E-state index in [4.69, 9.17) is 10.5 Å². The minimum Gasteiger partial charge on any atom is -0.481 e. The van der Waals surface area contributed by atoms with Crippen LogP contribution < -0.4 is 10.5 Å². The number of aromatic nitrogens is 1. The van der Waals surface area contributed by atoms with Gasteiger partial charge in [0.1, 0.15) is 0 Å². The molecule has 0 aliphatic rings. The van der Waals surface area contributed by atoms with E-state index in [0.29, 0.717) is 11.4 Å². The zero-order valence-electron chi connectivity index (χ0n) is 8.64. The highest BCUT2D eigenvalue weighted by Gasteiger charge is 2.03. The molecule has 2 rings (SSSR count). The van der Waals surface area contributed by atoms with Crippen molar-refractivity contribution in [2.75, 3.05) is 7.11 Å². The lowest BCUT2D eigenvalue weighted by Crippen LogP contribution is -2.10. The summed E-state index contributed by atoms with van der Waals surface area (Å²) in [6, 6.07) is 8.69. The Morgan fingerprint density at radius 1 is 1.31 bits per heavy atom. The number of pyridine rings is 1. The number of carbonyl (C=O) groups is 1. The highest BCUT2D eigenvalue weighted by Crippen LogP contribution is 2.17. The van der Waals surface area contributed by atoms with E-state index in [0.717, 1.165) is 10.9 Å². The van der Waals surface area contributed by atoms with Crippen LogP contribution in [0.25, 0.3) is 10.9 Å². The van der Waals surface area contributed by atoms with Crippen molar-refractivity contribution in [3.05, 3.63) is 35.9 Å². The summed E-state index contributed by atoms with van der Waals surface area (Å²) in [5.41, 5.74) is 6.43. The zero-order chi connectivity index (χ0) is 10.8. The van der Waals surface area contributed by atoms with Gasteiger partial charge in [0, 0.05) is 17.0 Å². The van der Waals surface area contributed by atoms with E-state index in [2.05, 4.69) is 4.98 Å². The number of nitrogens with two attached hydrogens (primary N) is 1. The fourth-order valence-corrected chi connectivity index (χ4v) is 1.37. The number of hydrogen-bond acceptors (Lipinski definition) is 3. The van der Waals surface area contributed by atoms with Crippen LogP contribution in [0.5, 0.6) is 5.88 Å². The van der Waals surface area contributed by atoms with E-state index in [1.807, 2.05) is 6.07 Å². The van der Waals surface area contributed by atoms with Crippen LogP contribution >= 0.6 is 12.4 Å². The lowest BCUT2D eigenvalue weighted by Gasteiger charge is -2.02. The van der Waals surface area contributed by atoms with Gasteiger partial charge in [-0.1, -0.05) is 0 Å². The second-order valence-corrected chi connectivity index (χ2v) is 3.13. The molecule has 0 aliphatic heterocycles. The summed E-state index contributed by atoms with van der Waals surface area (Å²) in [5.74, 6) is 0.113. The molecule has 1 aromatic carbocycles. The number of primary amides is 1. The van der Waals surface area contributed by atoms with Gasteiger partial charge in [-0.25, -0.2) is 4.98 Å².